The summed E-state index contributed by atoms with van der Waals surface area (Å²) in [5, 5.41) is 0. The molecule has 0 aromatic rings. The molecule has 0 aliphatic heterocycles. The van der Waals surface area contributed by atoms with Gasteiger partial charge in [0.05, 0.1) is 12.1 Å². The summed E-state index contributed by atoms with van der Waals surface area (Å²) in [7, 11) is 0. The minimum atomic E-state index is -0.315. The van der Waals surface area contributed by atoms with Crippen LogP contribution in [0.15, 0.2) is 4.99 Å². The van der Waals surface area contributed by atoms with Crippen molar-refractivity contribution >= 4 is 6.08 Å². The molecule has 0 heterocycles. The highest BCUT2D eigenvalue weighted by Crippen LogP contribution is 2.06. The summed E-state index contributed by atoms with van der Waals surface area (Å²) in [6.07, 6.45) is 1.40. The average Bonchev–Trinajstić information content (AvgIpc) is 1.85. The monoisotopic (exact) mass is 159 g/mol. The molecule has 0 unspecified atom stereocenters. The van der Waals surface area contributed by atoms with E-state index >= 15 is 0 Å². The van der Waals surface area contributed by atoms with E-state index in [9.17, 15) is 4.79 Å². The second-order valence-corrected chi connectivity index (χ2v) is 2.99. The van der Waals surface area contributed by atoms with Gasteiger partial charge in [-0.15, -0.1) is 0 Å². The zero-order valence-electron chi connectivity index (χ0n) is 7.09. The Bertz CT molecular complexity index is 144. The van der Waals surface area contributed by atoms with E-state index in [0.717, 1.165) is 0 Å². The molecule has 0 aromatic heterocycles. The summed E-state index contributed by atoms with van der Waals surface area (Å²) < 4.78 is 0. The van der Waals surface area contributed by atoms with Crippen LogP contribution in [0.3, 0.4) is 0 Å². The summed E-state index contributed by atoms with van der Waals surface area (Å²) >= 11 is 0. The summed E-state index contributed by atoms with van der Waals surface area (Å²) in [6, 6.07) is 0. The molecular formula is C7H13NO3. The van der Waals surface area contributed by atoms with Crippen molar-refractivity contribution in [3.8, 4) is 0 Å². The van der Waals surface area contributed by atoms with Gasteiger partial charge >= 0.3 is 0 Å². The summed E-state index contributed by atoms with van der Waals surface area (Å²) in [5.41, 5.74) is -0.315. The lowest BCUT2D eigenvalue weighted by atomic mass is 10.2. The minimum absolute atomic E-state index is 0.284. The quantitative estimate of drug-likeness (QED) is 0.203. The zero-order valence-corrected chi connectivity index (χ0v) is 7.09. The lowest BCUT2D eigenvalue weighted by molar-refractivity contribution is -0.346. The summed E-state index contributed by atoms with van der Waals surface area (Å²) in [4.78, 5) is 22.5. The lowest BCUT2D eigenvalue weighted by Gasteiger charge is -2.16. The molecule has 4 nitrogen and oxygen atoms in total. The molecule has 0 radical (unpaired) electrons. The molecule has 0 aliphatic carbocycles. The molecular weight excluding hydrogens is 146 g/mol. The number of rotatable bonds is 4. The highest BCUT2D eigenvalue weighted by Gasteiger charge is 2.10. The number of hydrogen-bond acceptors (Lipinski definition) is 4. The van der Waals surface area contributed by atoms with Crippen molar-refractivity contribution in [2.24, 2.45) is 4.99 Å². The normalized spacial score (nSPS) is 10.8. The number of hydrogen-bond donors (Lipinski definition) is 0. The maximum atomic E-state index is 9.58. The second-order valence-electron chi connectivity index (χ2n) is 2.99. The highest BCUT2D eigenvalue weighted by molar-refractivity contribution is 5.32. The minimum Gasteiger partial charge on any atom is -0.234 e. The van der Waals surface area contributed by atoms with Gasteiger partial charge in [0.15, 0.2) is 0 Å². The van der Waals surface area contributed by atoms with E-state index in [1.807, 2.05) is 20.8 Å². The SMILES string of the molecule is CC(C)(C)OOCCN=C=O. The van der Waals surface area contributed by atoms with E-state index in [0.29, 0.717) is 6.54 Å². The molecule has 4 heteroatoms. The number of carbonyl (C=O) groups excluding carboxylic acids is 1. The maximum Gasteiger partial charge on any atom is 0.235 e. The highest BCUT2D eigenvalue weighted by atomic mass is 17.2. The fourth-order valence-electron chi connectivity index (χ4n) is 0.347. The Morgan fingerprint density at radius 3 is 2.55 bits per heavy atom. The molecule has 0 N–H and O–H groups in total. The second kappa shape index (κ2) is 5.02. The van der Waals surface area contributed by atoms with Crippen LogP contribution in [0.5, 0.6) is 0 Å². The van der Waals surface area contributed by atoms with Crippen LogP contribution in [0.25, 0.3) is 0 Å². The molecule has 0 rings (SSSR count). The van der Waals surface area contributed by atoms with Gasteiger partial charge in [-0.2, -0.15) is 0 Å². The molecule has 0 saturated heterocycles. The Hall–Kier alpha value is -0.700. The Labute approximate surface area is 66.1 Å². The van der Waals surface area contributed by atoms with E-state index in [-0.39, 0.29) is 12.2 Å². The largest absolute Gasteiger partial charge is 0.235 e. The standard InChI is InChI=1S/C7H13NO3/c1-7(2,3)11-10-5-4-8-6-9/h4-5H2,1-3H3. The first-order valence-corrected chi connectivity index (χ1v) is 3.40. The molecule has 0 aromatic carbocycles. The van der Waals surface area contributed by atoms with Crippen LogP contribution in [0.4, 0.5) is 0 Å². The lowest BCUT2D eigenvalue weighted by Crippen LogP contribution is -2.20. The van der Waals surface area contributed by atoms with Crippen LogP contribution in [-0.2, 0) is 14.6 Å². The van der Waals surface area contributed by atoms with Gasteiger partial charge in [0.1, 0.15) is 6.61 Å². The Balaban J connectivity index is 3.21. The van der Waals surface area contributed by atoms with Gasteiger partial charge in [0.25, 0.3) is 0 Å². The number of nitrogens with zero attached hydrogens (tertiary/aromatic N) is 1. The van der Waals surface area contributed by atoms with E-state index in [1.54, 1.807) is 0 Å². The van der Waals surface area contributed by atoms with Crippen LogP contribution in [0.2, 0.25) is 0 Å². The molecule has 0 saturated carbocycles. The van der Waals surface area contributed by atoms with Gasteiger partial charge in [-0.1, -0.05) is 0 Å². The molecule has 0 fully saturated rings. The molecule has 0 aliphatic rings. The van der Waals surface area contributed by atoms with Crippen LogP contribution < -0.4 is 0 Å². The van der Waals surface area contributed by atoms with E-state index in [4.69, 9.17) is 9.78 Å². The smallest absolute Gasteiger partial charge is 0.234 e. The van der Waals surface area contributed by atoms with Gasteiger partial charge < -0.3 is 0 Å². The van der Waals surface area contributed by atoms with E-state index in [1.165, 1.54) is 6.08 Å². The topological polar surface area (TPSA) is 47.9 Å². The number of aliphatic imine (C=N–C) groups is 1. The molecule has 11 heavy (non-hydrogen) atoms. The summed E-state index contributed by atoms with van der Waals surface area (Å²) in [5.74, 6) is 0. The summed E-state index contributed by atoms with van der Waals surface area (Å²) in [6.45, 7) is 6.19. The maximum absolute atomic E-state index is 9.58. The van der Waals surface area contributed by atoms with Crippen LogP contribution >= 0.6 is 0 Å². The fourth-order valence-corrected chi connectivity index (χ4v) is 0.347. The Kier molecular flexibility index (Phi) is 4.70. The van der Waals surface area contributed by atoms with Gasteiger partial charge in [0, 0.05) is 0 Å². The molecule has 0 amide bonds. The van der Waals surface area contributed by atoms with Crippen molar-refractivity contribution in [1.29, 1.82) is 0 Å². The third kappa shape index (κ3) is 9.30. The van der Waals surface area contributed by atoms with Crippen LogP contribution in [0, 0.1) is 0 Å². The van der Waals surface area contributed by atoms with E-state index in [2.05, 4.69) is 4.99 Å². The van der Waals surface area contributed by atoms with Crippen molar-refractivity contribution < 1.29 is 14.6 Å². The third-order valence-corrected chi connectivity index (χ3v) is 0.660. The fraction of sp³-hybridized carbons (Fsp3) is 0.857. The van der Waals surface area contributed by atoms with Crippen molar-refractivity contribution in [3.05, 3.63) is 0 Å². The molecule has 0 bridgehead atoms. The van der Waals surface area contributed by atoms with Gasteiger partial charge in [-0.3, -0.25) is 0 Å². The average molecular weight is 159 g/mol. The first-order valence-electron chi connectivity index (χ1n) is 3.40. The molecule has 64 valence electrons. The predicted molar refractivity (Wildman–Crippen MR) is 39.8 cm³/mol. The first kappa shape index (κ1) is 10.3. The van der Waals surface area contributed by atoms with Crippen LogP contribution in [0.1, 0.15) is 20.8 Å². The van der Waals surface area contributed by atoms with Crippen molar-refractivity contribution in [3.63, 3.8) is 0 Å². The third-order valence-electron chi connectivity index (χ3n) is 0.660. The molecule has 0 spiro atoms. The van der Waals surface area contributed by atoms with Crippen LogP contribution in [-0.4, -0.2) is 24.8 Å². The Morgan fingerprint density at radius 1 is 1.45 bits per heavy atom. The van der Waals surface area contributed by atoms with E-state index < -0.39 is 0 Å². The van der Waals surface area contributed by atoms with Crippen molar-refractivity contribution in [2.45, 2.75) is 26.4 Å². The first-order chi connectivity index (χ1) is 5.06. The van der Waals surface area contributed by atoms with Gasteiger partial charge in [-0.25, -0.2) is 19.6 Å². The number of isocyanates is 1. The zero-order chi connectivity index (χ0) is 8.74. The van der Waals surface area contributed by atoms with Crippen molar-refractivity contribution in [2.75, 3.05) is 13.2 Å². The molecule has 0 atom stereocenters. The van der Waals surface area contributed by atoms with Gasteiger partial charge in [-0.05, 0) is 20.8 Å². The predicted octanol–water partition coefficient (Wildman–Crippen LogP) is 1.07. The van der Waals surface area contributed by atoms with Crippen molar-refractivity contribution in [1.82, 2.24) is 0 Å². The Morgan fingerprint density at radius 2 is 2.09 bits per heavy atom. The van der Waals surface area contributed by atoms with Gasteiger partial charge in [0.2, 0.25) is 6.08 Å².